The molecule has 1 aromatic carbocycles. The van der Waals surface area contributed by atoms with Crippen LogP contribution in [0.15, 0.2) is 18.2 Å². The van der Waals surface area contributed by atoms with E-state index in [9.17, 15) is 4.39 Å². The van der Waals surface area contributed by atoms with Crippen molar-refractivity contribution in [2.75, 3.05) is 11.9 Å². The topological polar surface area (TPSA) is 21.3 Å². The molecule has 2 unspecified atom stereocenters. The van der Waals surface area contributed by atoms with Gasteiger partial charge in [0.05, 0.1) is 16.3 Å². The Balaban J connectivity index is 2.05. The minimum Gasteiger partial charge on any atom is -0.381 e. The van der Waals surface area contributed by atoms with Gasteiger partial charge < -0.3 is 10.1 Å². The Labute approximate surface area is 112 Å². The summed E-state index contributed by atoms with van der Waals surface area (Å²) >= 11 is 6.02. The van der Waals surface area contributed by atoms with Gasteiger partial charge in [-0.25, -0.2) is 4.39 Å². The molecule has 2 nitrogen and oxygen atoms in total. The SMILES string of the molecule is CCC1(C)CC(Nc2ccc(F)cc2Cl)CCO1. The highest BCUT2D eigenvalue weighted by atomic mass is 35.5. The van der Waals surface area contributed by atoms with Crippen molar-refractivity contribution in [3.8, 4) is 0 Å². The number of nitrogens with one attached hydrogen (secondary N) is 1. The van der Waals surface area contributed by atoms with Gasteiger partial charge >= 0.3 is 0 Å². The zero-order valence-electron chi connectivity index (χ0n) is 10.8. The summed E-state index contributed by atoms with van der Waals surface area (Å²) in [5, 5.41) is 3.82. The number of benzene rings is 1. The molecule has 1 aliphatic heterocycles. The standard InChI is InChI=1S/C14H19ClFNO/c1-3-14(2)9-11(6-7-18-14)17-13-5-4-10(16)8-12(13)15/h4-5,8,11,17H,3,6-7,9H2,1-2H3. The number of ether oxygens (including phenoxy) is 1. The molecule has 0 aromatic heterocycles. The first kappa shape index (κ1) is 13.6. The molecule has 0 amide bonds. The van der Waals surface area contributed by atoms with E-state index in [2.05, 4.69) is 19.2 Å². The van der Waals surface area contributed by atoms with Crippen LogP contribution < -0.4 is 5.32 Å². The van der Waals surface area contributed by atoms with Gasteiger partial charge in [0.2, 0.25) is 0 Å². The molecule has 2 rings (SSSR count). The van der Waals surface area contributed by atoms with E-state index in [0.29, 0.717) is 11.1 Å². The molecule has 18 heavy (non-hydrogen) atoms. The van der Waals surface area contributed by atoms with Crippen molar-refractivity contribution >= 4 is 17.3 Å². The lowest BCUT2D eigenvalue weighted by atomic mass is 9.90. The fourth-order valence-electron chi connectivity index (χ4n) is 2.33. The van der Waals surface area contributed by atoms with Gasteiger partial charge in [0.1, 0.15) is 5.82 Å². The average Bonchev–Trinajstić information content (AvgIpc) is 2.33. The quantitative estimate of drug-likeness (QED) is 0.888. The average molecular weight is 272 g/mol. The zero-order chi connectivity index (χ0) is 13.2. The third-order valence-electron chi connectivity index (χ3n) is 3.63. The Bertz CT molecular complexity index is 426. The van der Waals surface area contributed by atoms with Crippen LogP contribution in [0.2, 0.25) is 5.02 Å². The second kappa shape index (κ2) is 5.45. The Kier molecular flexibility index (Phi) is 4.13. The van der Waals surface area contributed by atoms with E-state index in [1.165, 1.54) is 12.1 Å². The third kappa shape index (κ3) is 3.15. The minimum atomic E-state index is -0.309. The molecule has 0 radical (unpaired) electrons. The molecule has 1 fully saturated rings. The van der Waals surface area contributed by atoms with Crippen molar-refractivity contribution in [3.05, 3.63) is 29.0 Å². The summed E-state index contributed by atoms with van der Waals surface area (Å²) in [6.45, 7) is 5.02. The number of hydrogen-bond donors (Lipinski definition) is 1. The Hall–Kier alpha value is -0.800. The first-order valence-electron chi connectivity index (χ1n) is 6.38. The molecular weight excluding hydrogens is 253 g/mol. The second-order valence-electron chi connectivity index (χ2n) is 5.11. The first-order valence-corrected chi connectivity index (χ1v) is 6.76. The van der Waals surface area contributed by atoms with Crippen LogP contribution in [0.25, 0.3) is 0 Å². The lowest BCUT2D eigenvalue weighted by Gasteiger charge is -2.38. The van der Waals surface area contributed by atoms with E-state index in [1.807, 2.05) is 0 Å². The van der Waals surface area contributed by atoms with Gasteiger partial charge in [0.15, 0.2) is 0 Å². The fraction of sp³-hybridized carbons (Fsp3) is 0.571. The van der Waals surface area contributed by atoms with Crippen LogP contribution >= 0.6 is 11.6 Å². The fourth-order valence-corrected chi connectivity index (χ4v) is 2.55. The molecule has 1 aliphatic rings. The van der Waals surface area contributed by atoms with E-state index >= 15 is 0 Å². The van der Waals surface area contributed by atoms with Gasteiger partial charge in [0.25, 0.3) is 0 Å². The van der Waals surface area contributed by atoms with Crippen LogP contribution in [0.1, 0.15) is 33.1 Å². The van der Waals surface area contributed by atoms with Crippen LogP contribution in [0.3, 0.4) is 0 Å². The summed E-state index contributed by atoms with van der Waals surface area (Å²) in [6, 6.07) is 4.78. The normalized spacial score (nSPS) is 28.1. The minimum absolute atomic E-state index is 0.0670. The van der Waals surface area contributed by atoms with Crippen LogP contribution in [0.4, 0.5) is 10.1 Å². The maximum Gasteiger partial charge on any atom is 0.124 e. The molecule has 2 atom stereocenters. The zero-order valence-corrected chi connectivity index (χ0v) is 11.6. The van der Waals surface area contributed by atoms with Gasteiger partial charge in [-0.2, -0.15) is 0 Å². The Morgan fingerprint density at radius 3 is 3.00 bits per heavy atom. The molecule has 100 valence electrons. The summed E-state index contributed by atoms with van der Waals surface area (Å²) in [4.78, 5) is 0. The molecule has 1 heterocycles. The monoisotopic (exact) mass is 271 g/mol. The molecule has 1 aromatic rings. The lowest BCUT2D eigenvalue weighted by molar-refractivity contribution is -0.0708. The van der Waals surface area contributed by atoms with Gasteiger partial charge in [0, 0.05) is 12.6 Å². The van der Waals surface area contributed by atoms with Gasteiger partial charge in [-0.05, 0) is 44.4 Å². The third-order valence-corrected chi connectivity index (χ3v) is 3.95. The van der Waals surface area contributed by atoms with Crippen LogP contribution in [-0.2, 0) is 4.74 Å². The first-order chi connectivity index (χ1) is 8.52. The van der Waals surface area contributed by atoms with Crippen LogP contribution in [0, 0.1) is 5.82 Å². The van der Waals surface area contributed by atoms with Gasteiger partial charge in [-0.3, -0.25) is 0 Å². The maximum atomic E-state index is 13.0. The Morgan fingerprint density at radius 2 is 2.33 bits per heavy atom. The molecule has 4 heteroatoms. The number of anilines is 1. The molecule has 0 aliphatic carbocycles. The van der Waals surface area contributed by atoms with Crippen LogP contribution in [-0.4, -0.2) is 18.2 Å². The van der Waals surface area contributed by atoms with Gasteiger partial charge in [-0.15, -0.1) is 0 Å². The molecular formula is C14H19ClFNO. The highest BCUT2D eigenvalue weighted by molar-refractivity contribution is 6.33. The van der Waals surface area contributed by atoms with E-state index < -0.39 is 0 Å². The smallest absolute Gasteiger partial charge is 0.124 e. The summed E-state index contributed by atoms with van der Waals surface area (Å²) in [7, 11) is 0. The van der Waals surface area contributed by atoms with Gasteiger partial charge in [-0.1, -0.05) is 18.5 Å². The van der Waals surface area contributed by atoms with E-state index in [0.717, 1.165) is 31.6 Å². The van der Waals surface area contributed by atoms with Crippen molar-refractivity contribution in [2.45, 2.75) is 44.8 Å². The summed E-state index contributed by atoms with van der Waals surface area (Å²) < 4.78 is 18.8. The van der Waals surface area contributed by atoms with E-state index in [-0.39, 0.29) is 11.4 Å². The maximum absolute atomic E-state index is 13.0. The Morgan fingerprint density at radius 1 is 1.56 bits per heavy atom. The van der Waals surface area contributed by atoms with Crippen molar-refractivity contribution in [1.29, 1.82) is 0 Å². The second-order valence-corrected chi connectivity index (χ2v) is 5.52. The van der Waals surface area contributed by atoms with Crippen molar-refractivity contribution in [3.63, 3.8) is 0 Å². The molecule has 1 saturated heterocycles. The summed E-state index contributed by atoms with van der Waals surface area (Å²) in [6.07, 6.45) is 2.88. The van der Waals surface area contributed by atoms with Crippen molar-refractivity contribution < 1.29 is 9.13 Å². The van der Waals surface area contributed by atoms with Crippen molar-refractivity contribution in [1.82, 2.24) is 0 Å². The van der Waals surface area contributed by atoms with Crippen LogP contribution in [0.5, 0.6) is 0 Å². The molecule has 0 bridgehead atoms. The summed E-state index contributed by atoms with van der Waals surface area (Å²) in [5.74, 6) is -0.309. The largest absolute Gasteiger partial charge is 0.381 e. The van der Waals surface area contributed by atoms with E-state index in [1.54, 1.807) is 6.07 Å². The predicted octanol–water partition coefficient (Wildman–Crippen LogP) is 4.24. The predicted molar refractivity (Wildman–Crippen MR) is 72.7 cm³/mol. The molecule has 0 saturated carbocycles. The molecule has 1 N–H and O–H groups in total. The highest BCUT2D eigenvalue weighted by Gasteiger charge is 2.31. The lowest BCUT2D eigenvalue weighted by Crippen LogP contribution is -2.41. The number of rotatable bonds is 3. The van der Waals surface area contributed by atoms with E-state index in [4.69, 9.17) is 16.3 Å². The summed E-state index contributed by atoms with van der Waals surface area (Å²) in [5.41, 5.74) is 0.728. The number of hydrogen-bond acceptors (Lipinski definition) is 2. The molecule has 0 spiro atoms. The number of halogens is 2. The highest BCUT2D eigenvalue weighted by Crippen LogP contribution is 2.31. The van der Waals surface area contributed by atoms with Crippen molar-refractivity contribution in [2.24, 2.45) is 0 Å².